The van der Waals surface area contributed by atoms with Crippen molar-refractivity contribution < 1.29 is 9.21 Å². The van der Waals surface area contributed by atoms with E-state index in [-0.39, 0.29) is 5.76 Å². The van der Waals surface area contributed by atoms with Crippen LogP contribution in [-0.4, -0.2) is 10.9 Å². The highest BCUT2D eigenvalue weighted by atomic mass is 35.5. The molecular formula is C20H13Cl2N3O2. The topological polar surface area (TPSA) is 81.2 Å². The average molecular weight is 398 g/mol. The lowest BCUT2D eigenvalue weighted by Gasteiger charge is -2.12. The van der Waals surface area contributed by atoms with Crippen molar-refractivity contribution in [1.82, 2.24) is 4.98 Å². The zero-order valence-electron chi connectivity index (χ0n) is 13.9. The lowest BCUT2D eigenvalue weighted by Crippen LogP contribution is -2.10. The molecule has 27 heavy (non-hydrogen) atoms. The molecule has 0 fully saturated rings. The van der Waals surface area contributed by atoms with Crippen molar-refractivity contribution in [2.75, 3.05) is 5.32 Å². The largest absolute Gasteiger partial charge is 0.459 e. The molecule has 0 saturated carbocycles. The molecule has 0 atom stereocenters. The van der Waals surface area contributed by atoms with Crippen LogP contribution in [0.1, 0.15) is 10.6 Å². The summed E-state index contributed by atoms with van der Waals surface area (Å²) >= 11 is 12.1. The van der Waals surface area contributed by atoms with Crippen LogP contribution in [0.2, 0.25) is 10.0 Å². The van der Waals surface area contributed by atoms with Crippen LogP contribution in [0.4, 0.5) is 11.5 Å². The normalized spacial score (nSPS) is 10.9. The van der Waals surface area contributed by atoms with E-state index in [1.807, 2.05) is 30.3 Å². The second-order valence-corrected chi connectivity index (χ2v) is 6.67. The molecule has 0 aliphatic carbocycles. The predicted molar refractivity (Wildman–Crippen MR) is 108 cm³/mol. The molecule has 2 aromatic heterocycles. The molecule has 0 radical (unpaired) electrons. The number of carbonyl (C=O) groups excluding carboxylic acids is 1. The zero-order valence-corrected chi connectivity index (χ0v) is 15.4. The highest BCUT2D eigenvalue weighted by molar-refractivity contribution is 6.42. The summed E-state index contributed by atoms with van der Waals surface area (Å²) in [4.78, 5) is 16.3. The monoisotopic (exact) mass is 397 g/mol. The fourth-order valence-corrected chi connectivity index (χ4v) is 3.19. The first-order chi connectivity index (χ1) is 13.0. The summed E-state index contributed by atoms with van der Waals surface area (Å²) in [5.74, 6) is 0.0560. The molecule has 2 aromatic carbocycles. The summed E-state index contributed by atoms with van der Waals surface area (Å²) in [5.41, 5.74) is 8.33. The maximum Gasteiger partial charge on any atom is 0.285 e. The summed E-state index contributed by atoms with van der Waals surface area (Å²) in [6.45, 7) is 0. The molecule has 0 aliphatic rings. The van der Waals surface area contributed by atoms with Gasteiger partial charge in [-0.15, -0.1) is 0 Å². The predicted octanol–water partition coefficient (Wildman–Crippen LogP) is 5.64. The Balaban J connectivity index is 1.87. The number of nitrogens with two attached hydrogens (primary N) is 1. The number of nitrogens with zero attached hydrogens (tertiary/aromatic N) is 1. The molecule has 5 nitrogen and oxygen atoms in total. The Hall–Kier alpha value is -3.02. The summed E-state index contributed by atoms with van der Waals surface area (Å²) in [7, 11) is 0. The van der Waals surface area contributed by atoms with Crippen LogP contribution in [0.3, 0.4) is 0 Å². The number of para-hydroxylation sites is 1. The Labute approximate surface area is 164 Å². The van der Waals surface area contributed by atoms with Crippen molar-refractivity contribution in [2.45, 2.75) is 0 Å². The van der Waals surface area contributed by atoms with Crippen LogP contribution in [-0.2, 0) is 0 Å². The van der Waals surface area contributed by atoms with E-state index in [9.17, 15) is 4.79 Å². The number of benzene rings is 2. The fraction of sp³-hybridized carbons (Fsp3) is 0. The van der Waals surface area contributed by atoms with Crippen LogP contribution in [0.5, 0.6) is 0 Å². The van der Waals surface area contributed by atoms with Gasteiger partial charge in [0.15, 0.2) is 5.76 Å². The molecule has 0 aliphatic heterocycles. The van der Waals surface area contributed by atoms with E-state index >= 15 is 0 Å². The number of pyridine rings is 1. The number of hydrogen-bond donors (Lipinski definition) is 2. The van der Waals surface area contributed by atoms with E-state index in [1.165, 1.54) is 6.26 Å². The number of hydrogen-bond acceptors (Lipinski definition) is 4. The molecule has 3 N–H and O–H groups in total. The van der Waals surface area contributed by atoms with Crippen molar-refractivity contribution in [1.29, 1.82) is 0 Å². The number of fused-ring (bicyclic) bond motifs is 1. The van der Waals surface area contributed by atoms with Crippen LogP contribution >= 0.6 is 23.2 Å². The van der Waals surface area contributed by atoms with E-state index in [4.69, 9.17) is 33.4 Å². The van der Waals surface area contributed by atoms with Crippen LogP contribution < -0.4 is 11.1 Å². The van der Waals surface area contributed by atoms with Gasteiger partial charge in [0, 0.05) is 16.6 Å². The molecule has 4 rings (SSSR count). The number of aromatic nitrogens is 1. The van der Waals surface area contributed by atoms with Gasteiger partial charge >= 0.3 is 0 Å². The van der Waals surface area contributed by atoms with E-state index in [0.717, 1.165) is 22.2 Å². The van der Waals surface area contributed by atoms with Crippen LogP contribution in [0, 0.1) is 0 Å². The molecule has 0 spiro atoms. The third-order valence-electron chi connectivity index (χ3n) is 4.09. The minimum absolute atomic E-state index is 0.104. The molecule has 0 unspecified atom stereocenters. The second-order valence-electron chi connectivity index (χ2n) is 5.85. The number of rotatable bonds is 4. The van der Waals surface area contributed by atoms with Gasteiger partial charge in [-0.05, 0) is 42.0 Å². The van der Waals surface area contributed by atoms with E-state index in [0.29, 0.717) is 21.4 Å². The molecule has 0 bridgehead atoms. The molecule has 4 aromatic rings. The Morgan fingerprint density at radius 3 is 2.59 bits per heavy atom. The number of furan rings is 1. The van der Waals surface area contributed by atoms with Crippen molar-refractivity contribution in [2.24, 2.45) is 5.73 Å². The van der Waals surface area contributed by atoms with E-state index in [1.54, 1.807) is 24.3 Å². The molecule has 0 saturated heterocycles. The standard InChI is InChI=1S/C20H13Cl2N3O2/c21-15-6-5-11(9-16(15)22)24-18-10-14(12-3-1-2-4-17(12)25-18)13-7-8-27-19(13)20(23)26/h1-10H,(H2,23,26)(H,24,25). The lowest BCUT2D eigenvalue weighted by atomic mass is 10.0. The molecule has 1 amide bonds. The Morgan fingerprint density at radius 1 is 1.00 bits per heavy atom. The third kappa shape index (κ3) is 3.35. The first-order valence-corrected chi connectivity index (χ1v) is 8.78. The van der Waals surface area contributed by atoms with Gasteiger partial charge in [0.05, 0.1) is 21.8 Å². The minimum atomic E-state index is -0.630. The molecule has 134 valence electrons. The number of carbonyl (C=O) groups is 1. The summed E-state index contributed by atoms with van der Waals surface area (Å²) < 4.78 is 5.27. The van der Waals surface area contributed by atoms with Gasteiger partial charge in [0.25, 0.3) is 5.91 Å². The maximum atomic E-state index is 11.7. The molecular weight excluding hydrogens is 385 g/mol. The number of halogens is 2. The van der Waals surface area contributed by atoms with Crippen molar-refractivity contribution in [3.8, 4) is 11.1 Å². The molecule has 7 heteroatoms. The van der Waals surface area contributed by atoms with Crippen LogP contribution in [0.15, 0.2) is 65.3 Å². The van der Waals surface area contributed by atoms with Gasteiger partial charge in [-0.25, -0.2) is 4.98 Å². The maximum absolute atomic E-state index is 11.7. The number of amides is 1. The van der Waals surface area contributed by atoms with Gasteiger partial charge in [-0.1, -0.05) is 41.4 Å². The van der Waals surface area contributed by atoms with E-state index < -0.39 is 5.91 Å². The summed E-state index contributed by atoms with van der Waals surface area (Å²) in [6.07, 6.45) is 1.44. The highest BCUT2D eigenvalue weighted by Crippen LogP contribution is 2.34. The van der Waals surface area contributed by atoms with Crippen molar-refractivity contribution >= 4 is 51.5 Å². The number of primary amides is 1. The Morgan fingerprint density at radius 2 is 1.81 bits per heavy atom. The summed E-state index contributed by atoms with van der Waals surface area (Å²) in [6, 6.07) is 16.4. The number of nitrogens with one attached hydrogen (secondary N) is 1. The summed E-state index contributed by atoms with van der Waals surface area (Å²) in [5, 5.41) is 5.00. The first kappa shape index (κ1) is 17.4. The van der Waals surface area contributed by atoms with Crippen LogP contribution in [0.25, 0.3) is 22.0 Å². The minimum Gasteiger partial charge on any atom is -0.459 e. The average Bonchev–Trinajstić information content (AvgIpc) is 3.14. The van der Waals surface area contributed by atoms with Gasteiger partial charge in [-0.2, -0.15) is 0 Å². The van der Waals surface area contributed by atoms with E-state index in [2.05, 4.69) is 10.3 Å². The fourth-order valence-electron chi connectivity index (χ4n) is 2.90. The Bertz CT molecular complexity index is 1170. The smallest absolute Gasteiger partial charge is 0.285 e. The van der Waals surface area contributed by atoms with Gasteiger partial charge in [0.2, 0.25) is 0 Å². The third-order valence-corrected chi connectivity index (χ3v) is 4.83. The van der Waals surface area contributed by atoms with Gasteiger partial charge < -0.3 is 15.5 Å². The van der Waals surface area contributed by atoms with Gasteiger partial charge in [-0.3, -0.25) is 4.79 Å². The SMILES string of the molecule is NC(=O)c1occc1-c1cc(Nc2ccc(Cl)c(Cl)c2)nc2ccccc12. The van der Waals surface area contributed by atoms with Crippen molar-refractivity contribution in [3.63, 3.8) is 0 Å². The zero-order chi connectivity index (χ0) is 19.0. The first-order valence-electron chi connectivity index (χ1n) is 8.02. The second kappa shape index (κ2) is 6.95. The van der Waals surface area contributed by atoms with Gasteiger partial charge in [0.1, 0.15) is 5.82 Å². The quantitative estimate of drug-likeness (QED) is 0.466. The highest BCUT2D eigenvalue weighted by Gasteiger charge is 2.17. The van der Waals surface area contributed by atoms with Crippen molar-refractivity contribution in [3.05, 3.63) is 76.7 Å². The molecule has 2 heterocycles. The Kier molecular flexibility index (Phi) is 4.48. The lowest BCUT2D eigenvalue weighted by molar-refractivity contribution is 0.0975. The number of anilines is 2.